The second kappa shape index (κ2) is 9.51. The van der Waals surface area contributed by atoms with Crippen LogP contribution in [0, 0.1) is 5.92 Å². The molecule has 0 aliphatic carbocycles. The van der Waals surface area contributed by atoms with Crippen LogP contribution in [0.2, 0.25) is 0 Å². The molecule has 3 rings (SSSR count). The van der Waals surface area contributed by atoms with E-state index in [1.807, 2.05) is 6.07 Å². The summed E-state index contributed by atoms with van der Waals surface area (Å²) < 4.78 is 5.91. The van der Waals surface area contributed by atoms with Gasteiger partial charge in [0, 0.05) is 13.1 Å². The molecule has 1 aliphatic rings. The van der Waals surface area contributed by atoms with Gasteiger partial charge < -0.3 is 14.7 Å². The van der Waals surface area contributed by atoms with Gasteiger partial charge in [-0.15, -0.1) is 0 Å². The molecule has 0 unspecified atom stereocenters. The van der Waals surface area contributed by atoms with E-state index in [9.17, 15) is 9.90 Å². The lowest BCUT2D eigenvalue weighted by molar-refractivity contribution is -0.143. The van der Waals surface area contributed by atoms with Crippen molar-refractivity contribution in [2.45, 2.75) is 25.9 Å². The van der Waals surface area contributed by atoms with E-state index in [1.165, 1.54) is 16.7 Å². The minimum atomic E-state index is -0.676. The van der Waals surface area contributed by atoms with Gasteiger partial charge in [0.05, 0.1) is 19.1 Å². The van der Waals surface area contributed by atoms with Crippen molar-refractivity contribution in [3.63, 3.8) is 0 Å². The van der Waals surface area contributed by atoms with Crippen molar-refractivity contribution < 1.29 is 14.6 Å². The summed E-state index contributed by atoms with van der Waals surface area (Å²) >= 11 is 0. The highest BCUT2D eigenvalue weighted by Crippen LogP contribution is 2.17. The highest BCUT2D eigenvalue weighted by atomic mass is 16.5. The van der Waals surface area contributed by atoms with Gasteiger partial charge in [-0.3, -0.25) is 4.79 Å². The van der Waals surface area contributed by atoms with E-state index in [1.54, 1.807) is 0 Å². The minimum Gasteiger partial charge on any atom is -0.481 e. The van der Waals surface area contributed by atoms with E-state index in [0.717, 1.165) is 32.4 Å². The number of benzene rings is 2. The highest BCUT2D eigenvalue weighted by molar-refractivity contribution is 5.70. The largest absolute Gasteiger partial charge is 0.481 e. The first-order chi connectivity index (χ1) is 12.7. The number of carboxylic acids is 1. The maximum Gasteiger partial charge on any atom is 0.307 e. The molecule has 0 radical (unpaired) electrons. The van der Waals surface area contributed by atoms with Gasteiger partial charge in [-0.25, -0.2) is 0 Å². The number of carboxylic acid groups (broad SMARTS) is 1. The SMILES string of the molecule is O=C(O)[C@@H]1CCCN(CCOCc2ccccc2Cc2ccccc2)C1. The van der Waals surface area contributed by atoms with E-state index < -0.39 is 5.97 Å². The first kappa shape index (κ1) is 18.6. The molecule has 0 aromatic heterocycles. The van der Waals surface area contributed by atoms with Crippen molar-refractivity contribution >= 4 is 5.97 Å². The lowest BCUT2D eigenvalue weighted by Gasteiger charge is -2.30. The minimum absolute atomic E-state index is 0.227. The fraction of sp³-hybridized carbons (Fsp3) is 0.409. The Labute approximate surface area is 155 Å². The van der Waals surface area contributed by atoms with Crippen LogP contribution in [-0.4, -0.2) is 42.2 Å². The average Bonchev–Trinajstić information content (AvgIpc) is 2.67. The number of hydrogen-bond acceptors (Lipinski definition) is 3. The second-order valence-corrected chi connectivity index (χ2v) is 6.96. The van der Waals surface area contributed by atoms with Crippen molar-refractivity contribution in [1.82, 2.24) is 4.90 Å². The molecule has 0 saturated carbocycles. The zero-order chi connectivity index (χ0) is 18.2. The van der Waals surface area contributed by atoms with Crippen LogP contribution in [0.15, 0.2) is 54.6 Å². The normalized spacial score (nSPS) is 17.9. The van der Waals surface area contributed by atoms with Gasteiger partial charge in [0.1, 0.15) is 0 Å². The van der Waals surface area contributed by atoms with Crippen LogP contribution in [0.4, 0.5) is 0 Å². The van der Waals surface area contributed by atoms with Crippen molar-refractivity contribution in [2.24, 2.45) is 5.92 Å². The Morgan fingerprint density at radius 3 is 2.58 bits per heavy atom. The molecule has 1 aliphatic heterocycles. The number of aliphatic carboxylic acids is 1. The molecule has 0 amide bonds. The molecule has 0 spiro atoms. The van der Waals surface area contributed by atoms with Gasteiger partial charge >= 0.3 is 5.97 Å². The van der Waals surface area contributed by atoms with Gasteiger partial charge in [-0.05, 0) is 42.5 Å². The number of piperidine rings is 1. The maximum atomic E-state index is 11.1. The lowest BCUT2D eigenvalue weighted by Crippen LogP contribution is -2.40. The smallest absolute Gasteiger partial charge is 0.307 e. The predicted molar refractivity (Wildman–Crippen MR) is 102 cm³/mol. The second-order valence-electron chi connectivity index (χ2n) is 6.96. The lowest BCUT2D eigenvalue weighted by atomic mass is 9.98. The number of carbonyl (C=O) groups is 1. The van der Waals surface area contributed by atoms with Crippen molar-refractivity contribution in [3.05, 3.63) is 71.3 Å². The fourth-order valence-corrected chi connectivity index (χ4v) is 3.52. The fourth-order valence-electron chi connectivity index (χ4n) is 3.52. The molecular weight excluding hydrogens is 326 g/mol. The number of nitrogens with zero attached hydrogens (tertiary/aromatic N) is 1. The Balaban J connectivity index is 1.47. The van der Waals surface area contributed by atoms with Crippen LogP contribution in [0.1, 0.15) is 29.5 Å². The summed E-state index contributed by atoms with van der Waals surface area (Å²) in [7, 11) is 0. The van der Waals surface area contributed by atoms with Crippen LogP contribution < -0.4 is 0 Å². The van der Waals surface area contributed by atoms with Crippen LogP contribution in [0.3, 0.4) is 0 Å². The first-order valence-electron chi connectivity index (χ1n) is 9.36. The number of ether oxygens (including phenoxy) is 1. The Hall–Kier alpha value is -2.17. The van der Waals surface area contributed by atoms with E-state index in [0.29, 0.717) is 19.8 Å². The predicted octanol–water partition coefficient (Wildman–Crippen LogP) is 3.59. The third-order valence-electron chi connectivity index (χ3n) is 5.02. The number of rotatable bonds is 8. The molecule has 4 nitrogen and oxygen atoms in total. The molecule has 138 valence electrons. The van der Waals surface area contributed by atoms with Crippen molar-refractivity contribution in [1.29, 1.82) is 0 Å². The van der Waals surface area contributed by atoms with Gasteiger partial charge in [-0.2, -0.15) is 0 Å². The summed E-state index contributed by atoms with van der Waals surface area (Å²) in [6.45, 7) is 3.64. The highest BCUT2D eigenvalue weighted by Gasteiger charge is 2.24. The van der Waals surface area contributed by atoms with Crippen molar-refractivity contribution in [3.8, 4) is 0 Å². The van der Waals surface area contributed by atoms with Crippen LogP contribution >= 0.6 is 0 Å². The average molecular weight is 353 g/mol. The molecule has 1 atom stereocenters. The van der Waals surface area contributed by atoms with Crippen LogP contribution in [-0.2, 0) is 22.6 Å². The molecule has 26 heavy (non-hydrogen) atoms. The van der Waals surface area contributed by atoms with Gasteiger partial charge in [-0.1, -0.05) is 54.6 Å². The van der Waals surface area contributed by atoms with Gasteiger partial charge in [0.2, 0.25) is 0 Å². The quantitative estimate of drug-likeness (QED) is 0.737. The summed E-state index contributed by atoms with van der Waals surface area (Å²) in [5, 5.41) is 9.17. The molecule has 1 fully saturated rings. The summed E-state index contributed by atoms with van der Waals surface area (Å²) in [5.74, 6) is -0.902. The Bertz CT molecular complexity index is 702. The number of likely N-dealkylation sites (tertiary alicyclic amines) is 1. The molecule has 2 aromatic rings. The Morgan fingerprint density at radius 2 is 1.81 bits per heavy atom. The van der Waals surface area contributed by atoms with Gasteiger partial charge in [0.15, 0.2) is 0 Å². The molecule has 1 saturated heterocycles. The first-order valence-corrected chi connectivity index (χ1v) is 9.36. The topological polar surface area (TPSA) is 49.8 Å². The van der Waals surface area contributed by atoms with Crippen LogP contribution in [0.25, 0.3) is 0 Å². The van der Waals surface area contributed by atoms with Gasteiger partial charge in [0.25, 0.3) is 0 Å². The summed E-state index contributed by atoms with van der Waals surface area (Å²) in [6, 6.07) is 18.9. The standard InChI is InChI=1S/C22H27NO3/c24-22(25)20-11-6-12-23(16-20)13-14-26-17-21-10-5-4-9-19(21)15-18-7-2-1-3-8-18/h1-5,7-10,20H,6,11-17H2,(H,24,25)/t20-/m1/s1. The third-order valence-corrected chi connectivity index (χ3v) is 5.02. The molecule has 4 heteroatoms. The molecular formula is C22H27NO3. The summed E-state index contributed by atoms with van der Waals surface area (Å²) in [5.41, 5.74) is 3.81. The monoisotopic (exact) mass is 353 g/mol. The Morgan fingerprint density at radius 1 is 1.08 bits per heavy atom. The van der Waals surface area contributed by atoms with E-state index in [4.69, 9.17) is 4.74 Å². The summed E-state index contributed by atoms with van der Waals surface area (Å²) in [4.78, 5) is 13.4. The molecule has 1 heterocycles. The van der Waals surface area contributed by atoms with Crippen molar-refractivity contribution in [2.75, 3.05) is 26.2 Å². The van der Waals surface area contributed by atoms with Crippen LogP contribution in [0.5, 0.6) is 0 Å². The number of hydrogen-bond donors (Lipinski definition) is 1. The molecule has 0 bridgehead atoms. The third kappa shape index (κ3) is 5.41. The van der Waals surface area contributed by atoms with E-state index in [-0.39, 0.29) is 5.92 Å². The zero-order valence-electron chi connectivity index (χ0n) is 15.1. The van der Waals surface area contributed by atoms with E-state index in [2.05, 4.69) is 53.4 Å². The Kier molecular flexibility index (Phi) is 6.81. The molecule has 2 aromatic carbocycles. The summed E-state index contributed by atoms with van der Waals surface area (Å²) in [6.07, 6.45) is 2.66. The maximum absolute atomic E-state index is 11.1. The molecule has 1 N–H and O–H groups in total. The zero-order valence-corrected chi connectivity index (χ0v) is 15.1. The van der Waals surface area contributed by atoms with E-state index >= 15 is 0 Å².